The average molecular weight is 374 g/mol. The fraction of sp³-hybridized carbons (Fsp3) is 0.500. The van der Waals surface area contributed by atoms with E-state index in [2.05, 4.69) is 0 Å². The lowest BCUT2D eigenvalue weighted by molar-refractivity contribution is -0.144. The zero-order valence-corrected chi connectivity index (χ0v) is 14.3. The van der Waals surface area contributed by atoms with Crippen LogP contribution in [0.1, 0.15) is 36.8 Å². The maximum Gasteiger partial charge on any atom is 0.417 e. The van der Waals surface area contributed by atoms with Gasteiger partial charge < -0.3 is 9.64 Å². The normalized spacial score (nSPS) is 24.4. The maximum absolute atomic E-state index is 12.9. The summed E-state index contributed by atoms with van der Waals surface area (Å²) in [6.45, 7) is 1.01. The molecular weight excluding hydrogens is 355 g/mol. The molecule has 136 valence electrons. The van der Waals surface area contributed by atoms with Crippen LogP contribution in [0.5, 0.6) is 0 Å². The number of carbonyl (C=O) groups is 1. The Kier molecular flexibility index (Phi) is 5.39. The summed E-state index contributed by atoms with van der Waals surface area (Å²) < 4.78 is 44.5. The number of ether oxygens (including phenoxy) is 1. The molecule has 1 heterocycles. The number of benzene rings is 1. The van der Waals surface area contributed by atoms with Gasteiger partial charge in [-0.2, -0.15) is 13.2 Å². The maximum atomic E-state index is 12.9. The Labute approximate surface area is 149 Å². The molecule has 1 aromatic carbocycles. The Morgan fingerprint density at radius 3 is 2.80 bits per heavy atom. The van der Waals surface area contributed by atoms with Crippen molar-refractivity contribution in [2.45, 2.75) is 44.0 Å². The Hall–Kier alpha value is -1.53. The van der Waals surface area contributed by atoms with E-state index < -0.39 is 11.7 Å². The molecule has 0 N–H and O–H groups in total. The minimum atomic E-state index is -4.52. The second-order valence-corrected chi connectivity index (χ2v) is 6.77. The Morgan fingerprint density at radius 1 is 1.28 bits per heavy atom. The molecule has 1 saturated heterocycles. The first-order chi connectivity index (χ1) is 11.9. The summed E-state index contributed by atoms with van der Waals surface area (Å²) in [6.07, 6.45) is 2.31. The van der Waals surface area contributed by atoms with Gasteiger partial charge in [-0.25, -0.2) is 0 Å². The zero-order chi connectivity index (χ0) is 18.0. The molecule has 3 nitrogen and oxygen atoms in total. The van der Waals surface area contributed by atoms with Gasteiger partial charge in [0.05, 0.1) is 29.3 Å². The number of morpholine rings is 1. The van der Waals surface area contributed by atoms with Crippen molar-refractivity contribution >= 4 is 23.6 Å². The molecule has 1 aliphatic heterocycles. The van der Waals surface area contributed by atoms with Crippen molar-refractivity contribution in [1.82, 2.24) is 4.90 Å². The van der Waals surface area contributed by atoms with Crippen molar-refractivity contribution in [3.8, 4) is 0 Å². The summed E-state index contributed by atoms with van der Waals surface area (Å²) in [5, 5.41) is -0.353. The third kappa shape index (κ3) is 4.18. The molecule has 1 amide bonds. The molecule has 2 atom stereocenters. The first kappa shape index (κ1) is 18.3. The Balaban J connectivity index is 1.74. The summed E-state index contributed by atoms with van der Waals surface area (Å²) >= 11 is 5.61. The topological polar surface area (TPSA) is 29.5 Å². The lowest BCUT2D eigenvalue weighted by Crippen LogP contribution is -2.54. The van der Waals surface area contributed by atoms with Gasteiger partial charge in [0.25, 0.3) is 0 Å². The average Bonchev–Trinajstić information content (AvgIpc) is 2.59. The number of nitrogens with zero attached hydrogens (tertiary/aromatic N) is 1. The molecule has 2 aliphatic rings. The summed E-state index contributed by atoms with van der Waals surface area (Å²) in [5.41, 5.74) is -0.610. The van der Waals surface area contributed by atoms with Crippen molar-refractivity contribution < 1.29 is 22.7 Å². The van der Waals surface area contributed by atoms with E-state index in [4.69, 9.17) is 16.3 Å². The number of amides is 1. The molecule has 25 heavy (non-hydrogen) atoms. The van der Waals surface area contributed by atoms with Crippen molar-refractivity contribution in [2.75, 3.05) is 13.2 Å². The fourth-order valence-corrected chi connectivity index (χ4v) is 3.72. The lowest BCUT2D eigenvalue weighted by Gasteiger charge is -2.43. The molecule has 0 radical (unpaired) electrons. The van der Waals surface area contributed by atoms with Crippen LogP contribution in [-0.4, -0.2) is 36.1 Å². The SMILES string of the molecule is O=C(/C=C/c1ccc(Cl)c(C(F)(F)F)c1)N1CCO[C@@H]2CCCC[C@@H]21. The van der Waals surface area contributed by atoms with Gasteiger partial charge in [0.15, 0.2) is 0 Å². The van der Waals surface area contributed by atoms with E-state index in [0.717, 1.165) is 31.7 Å². The van der Waals surface area contributed by atoms with E-state index in [-0.39, 0.29) is 23.1 Å². The Bertz CT molecular complexity index is 673. The molecular formula is C18H19ClF3NO2. The second kappa shape index (κ2) is 7.38. The third-order valence-electron chi connectivity index (χ3n) is 4.73. The predicted octanol–water partition coefficient (Wildman–Crippen LogP) is 4.54. The van der Waals surface area contributed by atoms with Crippen LogP contribution in [0.4, 0.5) is 13.2 Å². The monoisotopic (exact) mass is 373 g/mol. The minimum Gasteiger partial charge on any atom is -0.374 e. The fourth-order valence-electron chi connectivity index (χ4n) is 3.50. The predicted molar refractivity (Wildman–Crippen MR) is 89.2 cm³/mol. The molecule has 1 aliphatic carbocycles. The van der Waals surface area contributed by atoms with E-state index in [1.54, 1.807) is 4.90 Å². The number of hydrogen-bond acceptors (Lipinski definition) is 2. The quantitative estimate of drug-likeness (QED) is 0.712. The molecule has 1 aromatic rings. The molecule has 0 spiro atoms. The second-order valence-electron chi connectivity index (χ2n) is 6.36. The van der Waals surface area contributed by atoms with Crippen LogP contribution < -0.4 is 0 Å². The number of hydrogen-bond donors (Lipinski definition) is 0. The standard InChI is InChI=1S/C18H19ClF3NO2/c19-14-7-5-12(11-13(14)18(20,21)22)6-8-17(24)23-9-10-25-16-4-2-1-3-15(16)23/h5-8,11,15-16H,1-4,9-10H2/b8-6+/t15-,16+/m0/s1. The molecule has 0 bridgehead atoms. The first-order valence-electron chi connectivity index (χ1n) is 8.33. The number of alkyl halides is 3. The van der Waals surface area contributed by atoms with Crippen molar-refractivity contribution in [2.24, 2.45) is 0 Å². The molecule has 0 aromatic heterocycles. The van der Waals surface area contributed by atoms with Gasteiger partial charge in [-0.15, -0.1) is 0 Å². The van der Waals surface area contributed by atoms with Crippen LogP contribution in [-0.2, 0) is 15.7 Å². The molecule has 3 rings (SSSR count). The van der Waals surface area contributed by atoms with E-state index in [1.165, 1.54) is 24.3 Å². The first-order valence-corrected chi connectivity index (χ1v) is 8.71. The molecule has 1 saturated carbocycles. The highest BCUT2D eigenvalue weighted by molar-refractivity contribution is 6.31. The molecule has 7 heteroatoms. The smallest absolute Gasteiger partial charge is 0.374 e. The van der Waals surface area contributed by atoms with Crippen LogP contribution in [0.2, 0.25) is 5.02 Å². The highest BCUT2D eigenvalue weighted by atomic mass is 35.5. The zero-order valence-electron chi connectivity index (χ0n) is 13.6. The van der Waals surface area contributed by atoms with E-state index in [9.17, 15) is 18.0 Å². The largest absolute Gasteiger partial charge is 0.417 e. The summed E-state index contributed by atoms with van der Waals surface area (Å²) in [5.74, 6) is -0.191. The summed E-state index contributed by atoms with van der Waals surface area (Å²) in [7, 11) is 0. The van der Waals surface area contributed by atoms with Crippen LogP contribution in [0.25, 0.3) is 6.08 Å². The lowest BCUT2D eigenvalue weighted by atomic mass is 9.90. The van der Waals surface area contributed by atoms with Crippen molar-refractivity contribution in [1.29, 1.82) is 0 Å². The van der Waals surface area contributed by atoms with Gasteiger partial charge in [0.1, 0.15) is 0 Å². The van der Waals surface area contributed by atoms with Crippen LogP contribution >= 0.6 is 11.6 Å². The van der Waals surface area contributed by atoms with E-state index in [0.29, 0.717) is 18.7 Å². The summed E-state index contributed by atoms with van der Waals surface area (Å²) in [4.78, 5) is 14.3. The molecule has 2 fully saturated rings. The van der Waals surface area contributed by atoms with Crippen LogP contribution in [0, 0.1) is 0 Å². The number of carbonyl (C=O) groups excluding carboxylic acids is 1. The summed E-state index contributed by atoms with van der Waals surface area (Å²) in [6, 6.07) is 3.68. The van der Waals surface area contributed by atoms with Gasteiger partial charge in [-0.1, -0.05) is 30.5 Å². The molecule has 0 unspecified atom stereocenters. The van der Waals surface area contributed by atoms with Gasteiger partial charge >= 0.3 is 6.18 Å². The van der Waals surface area contributed by atoms with Crippen molar-refractivity contribution in [3.05, 3.63) is 40.4 Å². The highest BCUT2D eigenvalue weighted by Crippen LogP contribution is 2.35. The number of halogens is 4. The van der Waals surface area contributed by atoms with Gasteiger partial charge in [0.2, 0.25) is 5.91 Å². The van der Waals surface area contributed by atoms with Gasteiger partial charge in [-0.05, 0) is 36.6 Å². The highest BCUT2D eigenvalue weighted by Gasteiger charge is 2.36. The number of fused-ring (bicyclic) bond motifs is 1. The van der Waals surface area contributed by atoms with Gasteiger partial charge in [0, 0.05) is 12.6 Å². The van der Waals surface area contributed by atoms with Crippen LogP contribution in [0.3, 0.4) is 0 Å². The van der Waals surface area contributed by atoms with Crippen molar-refractivity contribution in [3.63, 3.8) is 0 Å². The van der Waals surface area contributed by atoms with E-state index >= 15 is 0 Å². The van der Waals surface area contributed by atoms with E-state index in [1.807, 2.05) is 0 Å². The third-order valence-corrected chi connectivity index (χ3v) is 5.06. The minimum absolute atomic E-state index is 0.0654. The van der Waals surface area contributed by atoms with Crippen LogP contribution in [0.15, 0.2) is 24.3 Å². The Morgan fingerprint density at radius 2 is 2.04 bits per heavy atom. The van der Waals surface area contributed by atoms with Gasteiger partial charge in [-0.3, -0.25) is 4.79 Å². The number of rotatable bonds is 2.